The van der Waals surface area contributed by atoms with Crippen molar-refractivity contribution in [1.29, 1.82) is 0 Å². The van der Waals surface area contributed by atoms with Crippen LogP contribution in [0.3, 0.4) is 0 Å². The van der Waals surface area contributed by atoms with Crippen LogP contribution in [0.1, 0.15) is 22.3 Å². The maximum absolute atomic E-state index is 4.50. The summed E-state index contributed by atoms with van der Waals surface area (Å²) in [5.41, 5.74) is 12.7. The Bertz CT molecular complexity index is 1350. The van der Waals surface area contributed by atoms with E-state index >= 15 is 0 Å². The quantitative estimate of drug-likeness (QED) is 0.214. The molecule has 5 aromatic rings. The van der Waals surface area contributed by atoms with Crippen LogP contribution in [0.15, 0.2) is 91.4 Å². The molecule has 0 saturated heterocycles. The topological polar surface area (TPSA) is 38.7 Å². The zero-order valence-corrected chi connectivity index (χ0v) is 21.6. The largest absolute Gasteiger partial charge is 0.318 e. The second kappa shape index (κ2) is 10.4. The number of rotatable bonds is 2. The Morgan fingerprint density at radius 2 is 1.29 bits per heavy atom. The molecule has 0 atom stereocenters. The van der Waals surface area contributed by atoms with Gasteiger partial charge in [-0.15, -0.1) is 34.9 Å². The third kappa shape index (κ3) is 4.73. The molecule has 0 fully saturated rings. The molecular formula is C31H23IrN3-2. The summed E-state index contributed by atoms with van der Waals surface area (Å²) >= 11 is 0. The van der Waals surface area contributed by atoms with Crippen molar-refractivity contribution in [2.24, 2.45) is 0 Å². The monoisotopic (exact) mass is 630 g/mol. The number of aromatic nitrogens is 3. The second-order valence-electron chi connectivity index (χ2n) is 8.57. The fourth-order valence-electron chi connectivity index (χ4n) is 4.95. The van der Waals surface area contributed by atoms with Crippen LogP contribution in [0.2, 0.25) is 0 Å². The minimum atomic E-state index is 0. The van der Waals surface area contributed by atoms with E-state index in [1.54, 1.807) is 12.4 Å². The van der Waals surface area contributed by atoms with Gasteiger partial charge >= 0.3 is 0 Å². The number of benzene rings is 2. The Morgan fingerprint density at radius 3 is 1.97 bits per heavy atom. The van der Waals surface area contributed by atoms with E-state index in [0.29, 0.717) is 0 Å². The molecule has 35 heavy (non-hydrogen) atoms. The smallest absolute Gasteiger partial charge is 0.0160 e. The summed E-state index contributed by atoms with van der Waals surface area (Å²) in [6.45, 7) is 0. The Balaban J connectivity index is 0.000000167. The molecule has 2 aliphatic carbocycles. The Kier molecular flexibility index (Phi) is 6.94. The predicted octanol–water partition coefficient (Wildman–Crippen LogP) is 6.35. The Labute approximate surface area is 219 Å². The first kappa shape index (κ1) is 23.3. The molecule has 0 saturated carbocycles. The van der Waals surface area contributed by atoms with Gasteiger partial charge in [-0.2, -0.15) is 12.1 Å². The second-order valence-corrected chi connectivity index (χ2v) is 8.57. The van der Waals surface area contributed by atoms with Crippen LogP contribution >= 0.6 is 0 Å². The van der Waals surface area contributed by atoms with Gasteiger partial charge in [0.05, 0.1) is 0 Å². The molecule has 1 radical (unpaired) electrons. The van der Waals surface area contributed by atoms with Crippen LogP contribution in [-0.2, 0) is 45.8 Å². The van der Waals surface area contributed by atoms with Gasteiger partial charge in [0.1, 0.15) is 0 Å². The molecule has 173 valence electrons. The third-order valence-corrected chi connectivity index (χ3v) is 6.48. The average Bonchev–Trinajstić information content (AvgIpc) is 2.93. The van der Waals surface area contributed by atoms with Crippen molar-refractivity contribution in [3.63, 3.8) is 0 Å². The number of aryl methyl sites for hydroxylation is 4. The summed E-state index contributed by atoms with van der Waals surface area (Å²) in [5, 5.41) is 0. The Hall–Kier alpha value is -3.46. The molecule has 3 aromatic heterocycles. The average molecular weight is 630 g/mol. The molecule has 0 bridgehead atoms. The van der Waals surface area contributed by atoms with E-state index in [4.69, 9.17) is 0 Å². The molecule has 0 amide bonds. The van der Waals surface area contributed by atoms with Crippen LogP contribution in [0.4, 0.5) is 0 Å². The standard InChI is InChI=1S/C21H16N.C10H7N2.Ir/c1-2-11-22-19(6-1)18-12-16-9-7-14-4-3-5-15-8-10-17(13-18)21(16)20(14)15;1-3-7-11-9(5-1)10-6-2-4-8-12-10;/h1-6,11-12H,7-10H2;1-5,7-8H;/q2*-1;. The van der Waals surface area contributed by atoms with Crippen molar-refractivity contribution in [2.75, 3.05) is 0 Å². The van der Waals surface area contributed by atoms with Crippen molar-refractivity contribution >= 4 is 0 Å². The molecular weight excluding hydrogens is 607 g/mol. The van der Waals surface area contributed by atoms with Gasteiger partial charge in [0.2, 0.25) is 0 Å². The zero-order chi connectivity index (χ0) is 22.7. The van der Waals surface area contributed by atoms with Crippen molar-refractivity contribution < 1.29 is 20.1 Å². The summed E-state index contributed by atoms with van der Waals surface area (Å²) in [6, 6.07) is 31.3. The fourth-order valence-corrected chi connectivity index (χ4v) is 4.95. The van der Waals surface area contributed by atoms with E-state index in [2.05, 4.69) is 63.5 Å². The van der Waals surface area contributed by atoms with Crippen molar-refractivity contribution in [2.45, 2.75) is 25.7 Å². The van der Waals surface area contributed by atoms with Crippen LogP contribution in [0, 0.1) is 12.1 Å². The van der Waals surface area contributed by atoms with Gasteiger partial charge in [0, 0.05) is 32.5 Å². The van der Waals surface area contributed by atoms with E-state index in [1.165, 1.54) is 33.4 Å². The minimum Gasteiger partial charge on any atom is -0.318 e. The number of pyridine rings is 3. The zero-order valence-electron chi connectivity index (χ0n) is 19.2. The SMILES string of the molecule is [Ir].[c-]1c(-c2ccccn2)cc2c3c1CCc1cccc(c1-3)CC2.[c-]1cccnc1-c1ccccn1. The molecule has 2 aromatic carbocycles. The van der Waals surface area contributed by atoms with Crippen molar-refractivity contribution in [1.82, 2.24) is 15.0 Å². The number of hydrogen-bond donors (Lipinski definition) is 0. The van der Waals surface area contributed by atoms with E-state index < -0.39 is 0 Å². The number of hydrogen-bond acceptors (Lipinski definition) is 3. The molecule has 7 rings (SSSR count). The number of nitrogens with zero attached hydrogens (tertiary/aromatic N) is 3. The van der Waals surface area contributed by atoms with Gasteiger partial charge in [-0.3, -0.25) is 4.98 Å². The molecule has 3 nitrogen and oxygen atoms in total. The van der Waals surface area contributed by atoms with Gasteiger partial charge in [0.15, 0.2) is 0 Å². The third-order valence-electron chi connectivity index (χ3n) is 6.48. The summed E-state index contributed by atoms with van der Waals surface area (Å²) in [6.07, 6.45) is 9.87. The predicted molar refractivity (Wildman–Crippen MR) is 135 cm³/mol. The van der Waals surface area contributed by atoms with Gasteiger partial charge < -0.3 is 9.97 Å². The van der Waals surface area contributed by atoms with Crippen molar-refractivity contribution in [3.8, 4) is 33.8 Å². The first-order valence-electron chi connectivity index (χ1n) is 11.7. The Morgan fingerprint density at radius 1 is 0.600 bits per heavy atom. The van der Waals surface area contributed by atoms with E-state index in [1.807, 2.05) is 42.6 Å². The summed E-state index contributed by atoms with van der Waals surface area (Å²) in [4.78, 5) is 12.8. The first-order chi connectivity index (χ1) is 16.9. The molecule has 2 aliphatic rings. The normalized spacial score (nSPS) is 12.5. The summed E-state index contributed by atoms with van der Waals surface area (Å²) in [7, 11) is 0. The molecule has 0 spiro atoms. The van der Waals surface area contributed by atoms with E-state index in [-0.39, 0.29) is 20.1 Å². The molecule has 3 heterocycles. The summed E-state index contributed by atoms with van der Waals surface area (Å²) < 4.78 is 0. The van der Waals surface area contributed by atoms with Crippen molar-refractivity contribution in [3.05, 3.63) is 126 Å². The van der Waals surface area contributed by atoms with E-state index in [0.717, 1.165) is 48.3 Å². The van der Waals surface area contributed by atoms with Gasteiger partial charge in [-0.25, -0.2) is 0 Å². The maximum atomic E-state index is 4.50. The molecule has 0 unspecified atom stereocenters. The van der Waals surface area contributed by atoms with Crippen LogP contribution in [-0.4, -0.2) is 15.0 Å². The van der Waals surface area contributed by atoms with Crippen LogP contribution in [0.5, 0.6) is 0 Å². The van der Waals surface area contributed by atoms with E-state index in [9.17, 15) is 0 Å². The van der Waals surface area contributed by atoms with Crippen LogP contribution in [0.25, 0.3) is 33.8 Å². The fraction of sp³-hybridized carbons (Fsp3) is 0.129. The summed E-state index contributed by atoms with van der Waals surface area (Å²) in [5.74, 6) is 0. The van der Waals surface area contributed by atoms with Crippen LogP contribution < -0.4 is 0 Å². The minimum absolute atomic E-state index is 0. The maximum Gasteiger partial charge on any atom is 0.0160 e. The van der Waals surface area contributed by atoms with Gasteiger partial charge in [-0.05, 0) is 72.2 Å². The van der Waals surface area contributed by atoms with Gasteiger partial charge in [-0.1, -0.05) is 53.6 Å². The van der Waals surface area contributed by atoms with Gasteiger partial charge in [0.25, 0.3) is 0 Å². The molecule has 4 heteroatoms. The first-order valence-corrected chi connectivity index (χ1v) is 11.7. The molecule has 0 N–H and O–H groups in total. The molecule has 0 aliphatic heterocycles.